The zero-order valence-corrected chi connectivity index (χ0v) is 20.6. The Kier molecular flexibility index (Phi) is 6.87. The highest BCUT2D eigenvalue weighted by molar-refractivity contribution is 7.99. The predicted octanol–water partition coefficient (Wildman–Crippen LogP) is 6.38. The number of carbonyl (C=O) groups is 1. The highest BCUT2D eigenvalue weighted by Gasteiger charge is 2.25. The molecular formula is C28H21N3O5S. The van der Waals surface area contributed by atoms with Gasteiger partial charge in [0.25, 0.3) is 5.69 Å². The minimum atomic E-state index is -0.630. The first-order valence-corrected chi connectivity index (χ1v) is 12.2. The van der Waals surface area contributed by atoms with E-state index in [4.69, 9.17) is 9.47 Å². The molecule has 184 valence electrons. The summed E-state index contributed by atoms with van der Waals surface area (Å²) in [6.07, 6.45) is 0. The van der Waals surface area contributed by atoms with Crippen LogP contribution in [0.5, 0.6) is 11.6 Å². The fourth-order valence-corrected chi connectivity index (χ4v) is 4.80. The second-order valence-electron chi connectivity index (χ2n) is 8.07. The van der Waals surface area contributed by atoms with Crippen molar-refractivity contribution in [3.8, 4) is 17.3 Å². The van der Waals surface area contributed by atoms with E-state index in [1.807, 2.05) is 66.7 Å². The number of esters is 1. The molecule has 0 unspecified atom stereocenters. The van der Waals surface area contributed by atoms with E-state index in [1.165, 1.54) is 10.7 Å². The summed E-state index contributed by atoms with van der Waals surface area (Å²) in [4.78, 5) is 24.9. The van der Waals surface area contributed by atoms with Gasteiger partial charge in [-0.3, -0.25) is 10.1 Å². The van der Waals surface area contributed by atoms with Crippen molar-refractivity contribution < 1.29 is 19.2 Å². The van der Waals surface area contributed by atoms with E-state index >= 15 is 0 Å². The molecule has 0 aliphatic heterocycles. The van der Waals surface area contributed by atoms with Crippen molar-refractivity contribution in [1.82, 2.24) is 9.78 Å². The summed E-state index contributed by atoms with van der Waals surface area (Å²) >= 11 is 1.13. The van der Waals surface area contributed by atoms with Gasteiger partial charge in [0.2, 0.25) is 5.88 Å². The lowest BCUT2D eigenvalue weighted by Gasteiger charge is -2.11. The Labute approximate surface area is 216 Å². The van der Waals surface area contributed by atoms with Gasteiger partial charge in [0.05, 0.1) is 26.1 Å². The molecule has 0 radical (unpaired) electrons. The van der Waals surface area contributed by atoms with Gasteiger partial charge >= 0.3 is 5.97 Å². The summed E-state index contributed by atoms with van der Waals surface area (Å²) in [5.41, 5.74) is 1.19. The van der Waals surface area contributed by atoms with Gasteiger partial charge in [-0.2, -0.15) is 9.78 Å². The van der Waals surface area contributed by atoms with Crippen molar-refractivity contribution in [3.63, 3.8) is 0 Å². The van der Waals surface area contributed by atoms with Crippen LogP contribution in [0.2, 0.25) is 0 Å². The lowest BCUT2D eigenvalue weighted by molar-refractivity contribution is -0.387. The minimum Gasteiger partial charge on any atom is -0.482 e. The first-order chi connectivity index (χ1) is 18.0. The monoisotopic (exact) mass is 511 g/mol. The molecule has 0 amide bonds. The standard InChI is InChI=1S/C28H21N3O5S/c1-19-27(37-25-14-8-7-13-24(25)31(33)34)28(30(29-19)22-11-3-2-4-12-22)36-26(32)18-35-23-16-15-20-9-5-6-10-21(20)17-23/h2-17H,18H2,1H3. The van der Waals surface area contributed by atoms with E-state index in [0.717, 1.165) is 22.5 Å². The molecule has 0 saturated heterocycles. The number of hydrogen-bond donors (Lipinski definition) is 0. The molecule has 0 aliphatic rings. The van der Waals surface area contributed by atoms with Crippen molar-refractivity contribution in [2.75, 3.05) is 6.61 Å². The third-order valence-electron chi connectivity index (χ3n) is 5.53. The van der Waals surface area contributed by atoms with Crippen molar-refractivity contribution in [1.29, 1.82) is 0 Å². The molecule has 0 spiro atoms. The van der Waals surface area contributed by atoms with Crippen molar-refractivity contribution in [2.45, 2.75) is 16.7 Å². The zero-order chi connectivity index (χ0) is 25.8. The zero-order valence-electron chi connectivity index (χ0n) is 19.7. The van der Waals surface area contributed by atoms with Crippen LogP contribution in [0.4, 0.5) is 5.69 Å². The number of benzene rings is 4. The molecule has 0 atom stereocenters. The van der Waals surface area contributed by atoms with Gasteiger partial charge in [-0.05, 0) is 48.0 Å². The molecule has 9 heteroatoms. The molecule has 8 nitrogen and oxygen atoms in total. The van der Waals surface area contributed by atoms with Gasteiger partial charge in [-0.1, -0.05) is 72.4 Å². The van der Waals surface area contributed by atoms with Gasteiger partial charge in [0.15, 0.2) is 6.61 Å². The second kappa shape index (κ2) is 10.5. The number of nitro groups is 1. The molecule has 1 aromatic heterocycles. The summed E-state index contributed by atoms with van der Waals surface area (Å²) in [5.74, 6) is 0.0755. The number of hydrogen-bond acceptors (Lipinski definition) is 7. The fourth-order valence-electron chi connectivity index (χ4n) is 3.78. The molecule has 1 heterocycles. The Morgan fingerprint density at radius 3 is 2.43 bits per heavy atom. The lowest BCUT2D eigenvalue weighted by Crippen LogP contribution is -2.19. The maximum absolute atomic E-state index is 12.9. The third-order valence-corrected chi connectivity index (χ3v) is 6.77. The van der Waals surface area contributed by atoms with Gasteiger partial charge in [0, 0.05) is 6.07 Å². The number of aryl methyl sites for hydroxylation is 1. The largest absolute Gasteiger partial charge is 0.482 e. The average molecular weight is 512 g/mol. The average Bonchev–Trinajstić information content (AvgIpc) is 3.22. The summed E-state index contributed by atoms with van der Waals surface area (Å²) in [6.45, 7) is 1.44. The molecule has 5 rings (SSSR count). The second-order valence-corrected chi connectivity index (χ2v) is 9.12. The van der Waals surface area contributed by atoms with E-state index < -0.39 is 10.9 Å². The highest BCUT2D eigenvalue weighted by Crippen LogP contribution is 2.42. The van der Waals surface area contributed by atoms with Crippen LogP contribution in [-0.2, 0) is 4.79 Å². The maximum Gasteiger partial charge on any atom is 0.350 e. The molecule has 0 aliphatic carbocycles. The van der Waals surface area contributed by atoms with Crippen LogP contribution in [0, 0.1) is 17.0 Å². The first kappa shape index (κ1) is 24.1. The maximum atomic E-state index is 12.9. The highest BCUT2D eigenvalue weighted by atomic mass is 32.2. The molecule has 0 N–H and O–H groups in total. The molecular weight excluding hydrogens is 490 g/mol. The molecule has 5 aromatic rings. The quantitative estimate of drug-likeness (QED) is 0.135. The summed E-state index contributed by atoms with van der Waals surface area (Å²) < 4.78 is 13.0. The van der Waals surface area contributed by atoms with Crippen LogP contribution in [0.15, 0.2) is 107 Å². The number of nitro benzene ring substituents is 1. The molecule has 4 aromatic carbocycles. The van der Waals surface area contributed by atoms with Crippen LogP contribution in [0.25, 0.3) is 16.5 Å². The molecule has 0 bridgehead atoms. The normalized spacial score (nSPS) is 10.8. The third kappa shape index (κ3) is 5.31. The van der Waals surface area contributed by atoms with E-state index in [2.05, 4.69) is 5.10 Å². The Bertz CT molecular complexity index is 1600. The van der Waals surface area contributed by atoms with Gasteiger partial charge in [-0.25, -0.2) is 4.79 Å². The van der Waals surface area contributed by atoms with Crippen LogP contribution < -0.4 is 9.47 Å². The Balaban J connectivity index is 1.43. The number of carbonyl (C=O) groups excluding carboxylic acids is 1. The van der Waals surface area contributed by atoms with Crippen LogP contribution >= 0.6 is 11.8 Å². The van der Waals surface area contributed by atoms with Crippen molar-refractivity contribution in [2.24, 2.45) is 0 Å². The number of rotatable bonds is 8. The smallest absolute Gasteiger partial charge is 0.350 e. The summed E-state index contributed by atoms with van der Waals surface area (Å²) in [7, 11) is 0. The lowest BCUT2D eigenvalue weighted by atomic mass is 10.1. The number of fused-ring (bicyclic) bond motifs is 1. The summed E-state index contributed by atoms with van der Waals surface area (Å²) in [6, 6.07) is 29.0. The van der Waals surface area contributed by atoms with E-state index in [-0.39, 0.29) is 18.2 Å². The minimum absolute atomic E-state index is 0.0451. The molecule has 0 fully saturated rings. The SMILES string of the molecule is Cc1nn(-c2ccccc2)c(OC(=O)COc2ccc3ccccc3c2)c1Sc1ccccc1[N+](=O)[O-]. The fraction of sp³-hybridized carbons (Fsp3) is 0.0714. The molecule has 37 heavy (non-hydrogen) atoms. The Morgan fingerprint density at radius 1 is 0.946 bits per heavy atom. The van der Waals surface area contributed by atoms with E-state index in [1.54, 1.807) is 31.2 Å². The summed E-state index contributed by atoms with van der Waals surface area (Å²) in [5, 5.41) is 18.2. The Hall–Kier alpha value is -4.63. The number of para-hydroxylation sites is 2. The van der Waals surface area contributed by atoms with E-state index in [0.29, 0.717) is 26.9 Å². The van der Waals surface area contributed by atoms with Crippen molar-refractivity contribution in [3.05, 3.63) is 113 Å². The van der Waals surface area contributed by atoms with E-state index in [9.17, 15) is 14.9 Å². The molecule has 0 saturated carbocycles. The van der Waals surface area contributed by atoms with Gasteiger partial charge in [-0.15, -0.1) is 0 Å². The number of ether oxygens (including phenoxy) is 2. The predicted molar refractivity (Wildman–Crippen MR) is 141 cm³/mol. The van der Waals surface area contributed by atoms with Crippen LogP contribution in [0.1, 0.15) is 5.69 Å². The van der Waals surface area contributed by atoms with Crippen LogP contribution in [-0.4, -0.2) is 27.3 Å². The topological polar surface area (TPSA) is 96.5 Å². The van der Waals surface area contributed by atoms with Crippen molar-refractivity contribution >= 4 is 34.2 Å². The Morgan fingerprint density at radius 2 is 1.65 bits per heavy atom. The van der Waals surface area contributed by atoms with Crippen LogP contribution in [0.3, 0.4) is 0 Å². The van der Waals surface area contributed by atoms with Gasteiger partial charge in [0.1, 0.15) is 5.75 Å². The first-order valence-electron chi connectivity index (χ1n) is 11.4. The number of aromatic nitrogens is 2. The van der Waals surface area contributed by atoms with Gasteiger partial charge < -0.3 is 9.47 Å². The number of nitrogens with zero attached hydrogens (tertiary/aromatic N) is 3.